The van der Waals surface area contributed by atoms with Gasteiger partial charge in [0.2, 0.25) is 0 Å². The highest BCUT2D eigenvalue weighted by Crippen LogP contribution is 2.23. The van der Waals surface area contributed by atoms with E-state index in [1.807, 2.05) is 6.07 Å². The van der Waals surface area contributed by atoms with E-state index < -0.39 is 11.6 Å². The Balaban J connectivity index is 2.02. The summed E-state index contributed by atoms with van der Waals surface area (Å²) in [5.41, 5.74) is 6.19. The third-order valence-electron chi connectivity index (χ3n) is 2.15. The molecule has 88 valence electrons. The fourth-order valence-electron chi connectivity index (χ4n) is 1.27. The van der Waals surface area contributed by atoms with E-state index in [4.69, 9.17) is 5.73 Å². The van der Waals surface area contributed by atoms with E-state index in [9.17, 15) is 8.78 Å². The number of hydrogen-bond acceptors (Lipinski definition) is 3. The van der Waals surface area contributed by atoms with Crippen LogP contribution in [0.15, 0.2) is 41.4 Å². The minimum Gasteiger partial charge on any atom is -0.384 e. The van der Waals surface area contributed by atoms with Crippen LogP contribution in [-0.4, -0.2) is 4.98 Å². The van der Waals surface area contributed by atoms with Gasteiger partial charge in [0.05, 0.1) is 0 Å². The number of nitrogen functional groups attached to an aromatic ring is 1. The van der Waals surface area contributed by atoms with Crippen molar-refractivity contribution in [2.45, 2.75) is 10.6 Å². The topological polar surface area (TPSA) is 38.9 Å². The molecule has 0 bridgehead atoms. The Morgan fingerprint density at radius 2 is 1.94 bits per heavy atom. The number of thioether (sulfide) groups is 1. The number of nitrogens with zero attached hydrogens (tertiary/aromatic N) is 1. The number of aromatic nitrogens is 1. The number of rotatable bonds is 3. The predicted molar refractivity (Wildman–Crippen MR) is 64.6 cm³/mol. The van der Waals surface area contributed by atoms with Crippen LogP contribution < -0.4 is 5.73 Å². The summed E-state index contributed by atoms with van der Waals surface area (Å²) in [5, 5.41) is 0. The van der Waals surface area contributed by atoms with Gasteiger partial charge >= 0.3 is 0 Å². The van der Waals surface area contributed by atoms with Gasteiger partial charge in [-0.2, -0.15) is 0 Å². The Kier molecular flexibility index (Phi) is 3.58. The van der Waals surface area contributed by atoms with Crippen LogP contribution in [0.1, 0.15) is 5.56 Å². The van der Waals surface area contributed by atoms with E-state index in [0.717, 1.165) is 16.5 Å². The zero-order valence-corrected chi connectivity index (χ0v) is 9.68. The molecule has 0 saturated carbocycles. The van der Waals surface area contributed by atoms with Gasteiger partial charge in [0.25, 0.3) is 0 Å². The van der Waals surface area contributed by atoms with Crippen molar-refractivity contribution in [3.05, 3.63) is 53.7 Å². The van der Waals surface area contributed by atoms with Crippen LogP contribution in [0.5, 0.6) is 0 Å². The Morgan fingerprint density at radius 1 is 1.12 bits per heavy atom. The smallest absolute Gasteiger partial charge is 0.159 e. The van der Waals surface area contributed by atoms with Crippen molar-refractivity contribution in [2.24, 2.45) is 0 Å². The fraction of sp³-hybridized carbons (Fsp3) is 0.0833. The van der Waals surface area contributed by atoms with Gasteiger partial charge in [-0.15, -0.1) is 11.8 Å². The molecule has 0 amide bonds. The SMILES string of the molecule is Nc1ccc(SCc2ccc(F)c(F)c2)cn1. The minimum absolute atomic E-state index is 0.460. The molecule has 0 fully saturated rings. The van der Waals surface area contributed by atoms with Crippen LogP contribution in [0.3, 0.4) is 0 Å². The van der Waals surface area contributed by atoms with Crippen LogP contribution in [0, 0.1) is 11.6 Å². The van der Waals surface area contributed by atoms with Crippen LogP contribution >= 0.6 is 11.8 Å². The molecule has 2 rings (SSSR count). The van der Waals surface area contributed by atoms with Crippen LogP contribution in [0.2, 0.25) is 0 Å². The summed E-state index contributed by atoms with van der Waals surface area (Å²) < 4.78 is 25.6. The molecular formula is C12H10F2N2S. The highest BCUT2D eigenvalue weighted by atomic mass is 32.2. The maximum Gasteiger partial charge on any atom is 0.159 e. The van der Waals surface area contributed by atoms with Crippen LogP contribution in [0.25, 0.3) is 0 Å². The summed E-state index contributed by atoms with van der Waals surface area (Å²) in [5.74, 6) is -0.628. The lowest BCUT2D eigenvalue weighted by Crippen LogP contribution is -1.89. The number of benzene rings is 1. The third-order valence-corrected chi connectivity index (χ3v) is 3.20. The number of halogens is 2. The van der Waals surface area contributed by atoms with E-state index in [0.29, 0.717) is 11.6 Å². The molecule has 0 saturated heterocycles. The van der Waals surface area contributed by atoms with Crippen molar-refractivity contribution in [3.8, 4) is 0 Å². The molecule has 2 nitrogen and oxygen atoms in total. The predicted octanol–water partition coefficient (Wildman–Crippen LogP) is 3.23. The van der Waals surface area contributed by atoms with Crippen molar-refractivity contribution >= 4 is 17.6 Å². The molecule has 1 heterocycles. The average molecular weight is 252 g/mol. The van der Waals surface area contributed by atoms with E-state index in [1.54, 1.807) is 18.3 Å². The van der Waals surface area contributed by atoms with Gasteiger partial charge < -0.3 is 5.73 Å². The molecule has 0 aliphatic heterocycles. The highest BCUT2D eigenvalue weighted by Gasteiger charge is 2.03. The second-order valence-electron chi connectivity index (χ2n) is 3.46. The minimum atomic E-state index is -0.826. The first kappa shape index (κ1) is 11.9. The van der Waals surface area contributed by atoms with Crippen LogP contribution in [-0.2, 0) is 5.75 Å². The third kappa shape index (κ3) is 3.17. The Morgan fingerprint density at radius 3 is 2.59 bits per heavy atom. The highest BCUT2D eigenvalue weighted by molar-refractivity contribution is 7.98. The van der Waals surface area contributed by atoms with Gasteiger partial charge in [-0.05, 0) is 29.8 Å². The monoisotopic (exact) mass is 252 g/mol. The van der Waals surface area contributed by atoms with Crippen LogP contribution in [0.4, 0.5) is 14.6 Å². The van der Waals surface area contributed by atoms with E-state index >= 15 is 0 Å². The summed E-state index contributed by atoms with van der Waals surface area (Å²) in [7, 11) is 0. The zero-order valence-electron chi connectivity index (χ0n) is 8.86. The standard InChI is InChI=1S/C12H10F2N2S/c13-10-3-1-8(5-11(10)14)7-17-9-2-4-12(15)16-6-9/h1-6H,7H2,(H2,15,16). The van der Waals surface area contributed by atoms with Gasteiger partial charge in [-0.1, -0.05) is 6.07 Å². The maximum atomic E-state index is 12.9. The average Bonchev–Trinajstić information content (AvgIpc) is 2.33. The fourth-order valence-corrected chi connectivity index (χ4v) is 2.08. The first-order chi connectivity index (χ1) is 8.15. The Bertz CT molecular complexity index is 514. The van der Waals surface area contributed by atoms with Gasteiger partial charge in [0.15, 0.2) is 11.6 Å². The molecule has 0 aliphatic carbocycles. The van der Waals surface area contributed by atoms with Crippen molar-refractivity contribution in [3.63, 3.8) is 0 Å². The largest absolute Gasteiger partial charge is 0.384 e. The van der Waals surface area contributed by atoms with Gasteiger partial charge in [0, 0.05) is 16.8 Å². The van der Waals surface area contributed by atoms with Gasteiger partial charge in [-0.25, -0.2) is 13.8 Å². The first-order valence-electron chi connectivity index (χ1n) is 4.93. The molecule has 17 heavy (non-hydrogen) atoms. The molecule has 1 aromatic heterocycles. The van der Waals surface area contributed by atoms with Crippen molar-refractivity contribution in [1.82, 2.24) is 4.98 Å². The lowest BCUT2D eigenvalue weighted by Gasteiger charge is -2.02. The quantitative estimate of drug-likeness (QED) is 0.852. The van der Waals surface area contributed by atoms with Gasteiger partial charge in [-0.3, -0.25) is 0 Å². The molecule has 0 aliphatic rings. The second-order valence-corrected chi connectivity index (χ2v) is 4.50. The summed E-state index contributed by atoms with van der Waals surface area (Å²) in [6.07, 6.45) is 1.65. The normalized spacial score (nSPS) is 10.5. The molecule has 0 unspecified atom stereocenters. The molecule has 1 aromatic carbocycles. The zero-order chi connectivity index (χ0) is 12.3. The van der Waals surface area contributed by atoms with E-state index in [2.05, 4.69) is 4.98 Å². The first-order valence-corrected chi connectivity index (χ1v) is 5.92. The molecule has 0 atom stereocenters. The summed E-state index contributed by atoms with van der Waals surface area (Å²) >= 11 is 1.49. The molecular weight excluding hydrogens is 242 g/mol. The summed E-state index contributed by atoms with van der Waals surface area (Å²) in [6.45, 7) is 0. The Hall–Kier alpha value is -1.62. The lowest BCUT2D eigenvalue weighted by atomic mass is 10.2. The van der Waals surface area contributed by atoms with Gasteiger partial charge in [0.1, 0.15) is 5.82 Å². The molecule has 2 aromatic rings. The lowest BCUT2D eigenvalue weighted by molar-refractivity contribution is 0.507. The van der Waals surface area contributed by atoms with Crippen molar-refractivity contribution < 1.29 is 8.78 Å². The molecule has 0 spiro atoms. The number of anilines is 1. The van der Waals surface area contributed by atoms with Crippen molar-refractivity contribution in [1.29, 1.82) is 0 Å². The maximum absolute atomic E-state index is 12.9. The van der Waals surface area contributed by atoms with E-state index in [-0.39, 0.29) is 0 Å². The van der Waals surface area contributed by atoms with E-state index in [1.165, 1.54) is 17.8 Å². The summed E-state index contributed by atoms with van der Waals surface area (Å²) in [4.78, 5) is 4.88. The molecule has 2 N–H and O–H groups in total. The second kappa shape index (κ2) is 5.14. The number of hydrogen-bond donors (Lipinski definition) is 1. The molecule has 0 radical (unpaired) electrons. The Labute approximate surface area is 102 Å². The van der Waals surface area contributed by atoms with Crippen molar-refractivity contribution in [2.75, 3.05) is 5.73 Å². The number of pyridine rings is 1. The molecule has 5 heteroatoms. The number of nitrogens with two attached hydrogens (primary N) is 1. The summed E-state index contributed by atoms with van der Waals surface area (Å²) in [6, 6.07) is 7.44.